The number of aliphatic hydroxyl groups is 1. The van der Waals surface area contributed by atoms with E-state index in [1.807, 2.05) is 0 Å². The number of carboxylic acid groups (broad SMARTS) is 1. The van der Waals surface area contributed by atoms with Crippen molar-refractivity contribution in [2.45, 2.75) is 13.3 Å². The van der Waals surface area contributed by atoms with Crippen LogP contribution in [0.5, 0.6) is 0 Å². The zero-order valence-electron chi connectivity index (χ0n) is 6.37. The summed E-state index contributed by atoms with van der Waals surface area (Å²) in [6.45, 7) is 4.58. The number of aliphatic carboxylic acids is 1. The first-order chi connectivity index (χ1) is 5.06. The molecule has 0 aromatic carbocycles. The summed E-state index contributed by atoms with van der Waals surface area (Å²) < 4.78 is 0. The third-order valence-electron chi connectivity index (χ3n) is 0.589. The molecule has 62 valence electrons. The summed E-state index contributed by atoms with van der Waals surface area (Å²) in [6.07, 6.45) is 0.250. The molecule has 4 heteroatoms. The minimum Gasteiger partial charge on any atom is -0.478 e. The molecule has 0 aromatic heterocycles. The van der Waals surface area contributed by atoms with E-state index in [0.717, 1.165) is 0 Å². The van der Waals surface area contributed by atoms with Crippen molar-refractivity contribution in [1.29, 1.82) is 5.26 Å². The maximum atomic E-state index is 9.60. The predicted octanol–water partition coefficient (Wildman–Crippen LogP) is 0.539. The van der Waals surface area contributed by atoms with Crippen LogP contribution in [0.2, 0.25) is 0 Å². The Balaban J connectivity index is 0. The SMILES string of the molecule is C=C(C)C(=O)O.N#CCCO. The highest BCUT2D eigenvalue weighted by Crippen LogP contribution is 1.81. The molecule has 0 aliphatic carbocycles. The average Bonchev–Trinajstić information content (AvgIpc) is 1.90. The lowest BCUT2D eigenvalue weighted by molar-refractivity contribution is -0.132. The first-order valence-electron chi connectivity index (χ1n) is 2.92. The highest BCUT2D eigenvalue weighted by atomic mass is 16.4. The van der Waals surface area contributed by atoms with Gasteiger partial charge < -0.3 is 10.2 Å². The van der Waals surface area contributed by atoms with Crippen molar-refractivity contribution in [1.82, 2.24) is 0 Å². The average molecular weight is 157 g/mol. The van der Waals surface area contributed by atoms with E-state index >= 15 is 0 Å². The lowest BCUT2D eigenvalue weighted by Crippen LogP contribution is -1.92. The van der Waals surface area contributed by atoms with Crippen LogP contribution in [0.3, 0.4) is 0 Å². The van der Waals surface area contributed by atoms with Gasteiger partial charge in [0.2, 0.25) is 0 Å². The van der Waals surface area contributed by atoms with Crippen LogP contribution in [0, 0.1) is 11.3 Å². The van der Waals surface area contributed by atoms with Crippen molar-refractivity contribution in [3.05, 3.63) is 12.2 Å². The van der Waals surface area contributed by atoms with Crippen LogP contribution in [0.25, 0.3) is 0 Å². The van der Waals surface area contributed by atoms with Gasteiger partial charge in [0, 0.05) is 5.57 Å². The molecule has 0 rings (SSSR count). The topological polar surface area (TPSA) is 81.3 Å². The van der Waals surface area contributed by atoms with Crippen LogP contribution in [0.1, 0.15) is 13.3 Å². The van der Waals surface area contributed by atoms with Gasteiger partial charge in [0.25, 0.3) is 0 Å². The van der Waals surface area contributed by atoms with Gasteiger partial charge in [0.15, 0.2) is 0 Å². The summed E-state index contributed by atoms with van der Waals surface area (Å²) in [5.74, 6) is -0.935. The minimum absolute atomic E-state index is 0.0174. The highest BCUT2D eigenvalue weighted by Gasteiger charge is 1.90. The zero-order valence-corrected chi connectivity index (χ0v) is 6.37. The van der Waals surface area contributed by atoms with E-state index in [1.165, 1.54) is 6.92 Å². The molecule has 0 aliphatic rings. The monoisotopic (exact) mass is 157 g/mol. The lowest BCUT2D eigenvalue weighted by Gasteiger charge is -1.79. The molecule has 0 radical (unpaired) electrons. The van der Waals surface area contributed by atoms with Gasteiger partial charge in [-0.3, -0.25) is 0 Å². The summed E-state index contributed by atoms with van der Waals surface area (Å²) >= 11 is 0. The third-order valence-corrected chi connectivity index (χ3v) is 0.589. The Kier molecular flexibility index (Phi) is 9.72. The maximum Gasteiger partial charge on any atom is 0.330 e. The van der Waals surface area contributed by atoms with E-state index in [-0.39, 0.29) is 18.6 Å². The Morgan fingerprint density at radius 3 is 2.09 bits per heavy atom. The summed E-state index contributed by atoms with van der Waals surface area (Å²) in [7, 11) is 0. The molecule has 0 bridgehead atoms. The molecule has 2 N–H and O–H groups in total. The first kappa shape index (κ1) is 12.3. The van der Waals surface area contributed by atoms with Gasteiger partial charge in [-0.1, -0.05) is 6.58 Å². The van der Waals surface area contributed by atoms with Gasteiger partial charge in [-0.25, -0.2) is 4.79 Å². The van der Waals surface area contributed by atoms with Crippen molar-refractivity contribution in [2.24, 2.45) is 0 Å². The standard InChI is InChI=1S/C4H6O2.C3H5NO/c1-3(2)4(5)6;4-2-1-3-5/h1H2,2H3,(H,5,6);5H,1,3H2. The molecule has 0 amide bonds. The molecule has 0 spiro atoms. The Morgan fingerprint density at radius 1 is 1.73 bits per heavy atom. The van der Waals surface area contributed by atoms with Crippen LogP contribution in [-0.4, -0.2) is 22.8 Å². The van der Waals surface area contributed by atoms with Crippen LogP contribution in [0.15, 0.2) is 12.2 Å². The van der Waals surface area contributed by atoms with Gasteiger partial charge in [-0.2, -0.15) is 5.26 Å². The Bertz CT molecular complexity index is 157. The maximum absolute atomic E-state index is 9.60. The fraction of sp³-hybridized carbons (Fsp3) is 0.429. The summed E-state index contributed by atoms with van der Waals surface area (Å²) in [5, 5.41) is 23.4. The quantitative estimate of drug-likeness (QED) is 0.573. The molecule has 0 aromatic rings. The molecular weight excluding hydrogens is 146 g/mol. The van der Waals surface area contributed by atoms with Crippen LogP contribution in [0.4, 0.5) is 0 Å². The normalized spacial score (nSPS) is 7.00. The fourth-order valence-electron chi connectivity index (χ4n) is 0.0500. The van der Waals surface area contributed by atoms with Crippen molar-refractivity contribution in [3.63, 3.8) is 0 Å². The smallest absolute Gasteiger partial charge is 0.330 e. The van der Waals surface area contributed by atoms with Gasteiger partial charge in [-0.05, 0) is 6.92 Å². The fourth-order valence-corrected chi connectivity index (χ4v) is 0.0500. The number of carboxylic acids is 1. The molecule has 0 aliphatic heterocycles. The number of rotatable bonds is 2. The van der Waals surface area contributed by atoms with Crippen molar-refractivity contribution < 1.29 is 15.0 Å². The summed E-state index contributed by atoms with van der Waals surface area (Å²) in [5.41, 5.74) is 0.176. The summed E-state index contributed by atoms with van der Waals surface area (Å²) in [4.78, 5) is 9.60. The summed E-state index contributed by atoms with van der Waals surface area (Å²) in [6, 6.07) is 1.77. The number of nitrogens with zero attached hydrogens (tertiary/aromatic N) is 1. The Hall–Kier alpha value is -1.34. The van der Waals surface area contributed by atoms with Gasteiger partial charge in [0.05, 0.1) is 19.1 Å². The largest absolute Gasteiger partial charge is 0.478 e. The minimum atomic E-state index is -0.935. The van der Waals surface area contributed by atoms with Gasteiger partial charge >= 0.3 is 5.97 Å². The van der Waals surface area contributed by atoms with E-state index < -0.39 is 5.97 Å². The number of hydrogen-bond donors (Lipinski definition) is 2. The molecule has 4 nitrogen and oxygen atoms in total. The number of nitriles is 1. The number of hydrogen-bond acceptors (Lipinski definition) is 3. The number of carbonyl (C=O) groups is 1. The molecular formula is C7H11NO3. The first-order valence-corrected chi connectivity index (χ1v) is 2.92. The third kappa shape index (κ3) is 17.7. The molecule has 0 atom stereocenters. The van der Waals surface area contributed by atoms with Crippen LogP contribution >= 0.6 is 0 Å². The van der Waals surface area contributed by atoms with E-state index in [4.69, 9.17) is 15.5 Å². The number of aliphatic hydroxyl groups excluding tert-OH is 1. The second kappa shape index (κ2) is 8.66. The lowest BCUT2D eigenvalue weighted by atomic mass is 10.4. The molecule has 0 unspecified atom stereocenters. The predicted molar refractivity (Wildman–Crippen MR) is 39.8 cm³/mol. The molecule has 0 saturated heterocycles. The Labute approximate surface area is 65.4 Å². The Morgan fingerprint density at radius 2 is 2.09 bits per heavy atom. The molecule has 0 fully saturated rings. The molecule has 0 saturated carbocycles. The van der Waals surface area contributed by atoms with Gasteiger partial charge in [0.1, 0.15) is 0 Å². The van der Waals surface area contributed by atoms with E-state index in [9.17, 15) is 4.79 Å². The second-order valence-electron chi connectivity index (χ2n) is 1.72. The van der Waals surface area contributed by atoms with Crippen molar-refractivity contribution >= 4 is 5.97 Å². The van der Waals surface area contributed by atoms with Crippen molar-refractivity contribution in [2.75, 3.05) is 6.61 Å². The molecule has 0 heterocycles. The molecule has 11 heavy (non-hydrogen) atoms. The zero-order chi connectivity index (χ0) is 9.28. The van der Waals surface area contributed by atoms with Crippen LogP contribution < -0.4 is 0 Å². The van der Waals surface area contributed by atoms with Gasteiger partial charge in [-0.15, -0.1) is 0 Å². The van der Waals surface area contributed by atoms with E-state index in [2.05, 4.69) is 6.58 Å². The second-order valence-corrected chi connectivity index (χ2v) is 1.72. The van der Waals surface area contributed by atoms with E-state index in [1.54, 1.807) is 6.07 Å². The van der Waals surface area contributed by atoms with E-state index in [0.29, 0.717) is 0 Å². The van der Waals surface area contributed by atoms with Crippen LogP contribution in [-0.2, 0) is 4.79 Å². The van der Waals surface area contributed by atoms with Crippen molar-refractivity contribution in [3.8, 4) is 6.07 Å². The highest BCUT2D eigenvalue weighted by molar-refractivity contribution is 5.84.